The van der Waals surface area contributed by atoms with Crippen molar-refractivity contribution in [2.24, 2.45) is 0 Å². The number of aliphatic hydroxyl groups is 1. The standard InChI is InChI=1S/C12H16ClNO6S/c1-20-7-9(4-5-15)14-21(18,19)11-6-8(12(16)17)2-3-10(11)13/h2-3,6,9,14-15H,4-5,7H2,1H3,(H,16,17). The highest BCUT2D eigenvalue weighted by Crippen LogP contribution is 2.23. The average molecular weight is 338 g/mol. The molecule has 0 saturated heterocycles. The highest BCUT2D eigenvalue weighted by Gasteiger charge is 2.23. The quantitative estimate of drug-likeness (QED) is 0.644. The molecule has 0 fully saturated rings. The second-order valence-electron chi connectivity index (χ2n) is 4.24. The molecule has 0 amide bonds. The second kappa shape index (κ2) is 7.71. The van der Waals surface area contributed by atoms with Crippen LogP contribution in [-0.4, -0.2) is 51.0 Å². The molecule has 0 bridgehead atoms. The van der Waals surface area contributed by atoms with Crippen molar-refractivity contribution in [3.05, 3.63) is 28.8 Å². The molecule has 0 aliphatic rings. The number of rotatable bonds is 8. The van der Waals surface area contributed by atoms with Gasteiger partial charge in [-0.1, -0.05) is 11.6 Å². The summed E-state index contributed by atoms with van der Waals surface area (Å²) in [5.41, 5.74) is -0.190. The molecule has 1 aromatic rings. The summed E-state index contributed by atoms with van der Waals surface area (Å²) in [6, 6.07) is 2.76. The molecule has 1 rings (SSSR count). The van der Waals surface area contributed by atoms with Gasteiger partial charge in [0.1, 0.15) is 4.90 Å². The van der Waals surface area contributed by atoms with Crippen LogP contribution in [0.5, 0.6) is 0 Å². The number of hydrogen-bond acceptors (Lipinski definition) is 5. The number of benzene rings is 1. The Balaban J connectivity index is 3.11. The number of nitrogens with one attached hydrogen (secondary N) is 1. The van der Waals surface area contributed by atoms with Gasteiger partial charge in [-0.2, -0.15) is 0 Å². The Morgan fingerprint density at radius 2 is 2.14 bits per heavy atom. The molecule has 0 saturated carbocycles. The maximum absolute atomic E-state index is 12.3. The van der Waals surface area contributed by atoms with E-state index in [2.05, 4.69) is 4.72 Å². The summed E-state index contributed by atoms with van der Waals surface area (Å²) in [6.07, 6.45) is 0.156. The minimum Gasteiger partial charge on any atom is -0.478 e. The molecular weight excluding hydrogens is 322 g/mol. The molecule has 7 nitrogen and oxygen atoms in total. The second-order valence-corrected chi connectivity index (χ2v) is 6.33. The normalized spacial score (nSPS) is 13.1. The zero-order chi connectivity index (χ0) is 16.0. The number of ether oxygens (including phenoxy) is 1. The van der Waals surface area contributed by atoms with Crippen molar-refractivity contribution >= 4 is 27.6 Å². The van der Waals surface area contributed by atoms with Gasteiger partial charge in [-0.15, -0.1) is 0 Å². The molecule has 0 heterocycles. The van der Waals surface area contributed by atoms with Gasteiger partial charge in [0.05, 0.1) is 17.2 Å². The van der Waals surface area contributed by atoms with E-state index in [0.29, 0.717) is 0 Å². The van der Waals surface area contributed by atoms with Crippen LogP contribution in [0.2, 0.25) is 5.02 Å². The highest BCUT2D eigenvalue weighted by atomic mass is 35.5. The fraction of sp³-hybridized carbons (Fsp3) is 0.417. The molecule has 9 heteroatoms. The molecule has 21 heavy (non-hydrogen) atoms. The van der Waals surface area contributed by atoms with E-state index >= 15 is 0 Å². The van der Waals surface area contributed by atoms with E-state index in [1.165, 1.54) is 19.2 Å². The number of halogens is 1. The lowest BCUT2D eigenvalue weighted by Gasteiger charge is -2.17. The number of hydrogen-bond donors (Lipinski definition) is 3. The van der Waals surface area contributed by atoms with Crippen molar-refractivity contribution in [3.63, 3.8) is 0 Å². The Bertz CT molecular complexity index is 598. The largest absolute Gasteiger partial charge is 0.478 e. The van der Waals surface area contributed by atoms with Crippen LogP contribution < -0.4 is 4.72 Å². The molecule has 0 aliphatic heterocycles. The minimum absolute atomic E-state index is 0.0655. The summed E-state index contributed by atoms with van der Waals surface area (Å²) in [7, 11) is -2.63. The number of carbonyl (C=O) groups is 1. The van der Waals surface area contributed by atoms with Crippen molar-refractivity contribution in [1.29, 1.82) is 0 Å². The molecule has 0 spiro atoms. The lowest BCUT2D eigenvalue weighted by Crippen LogP contribution is -2.38. The molecule has 0 aliphatic carbocycles. The van der Waals surface area contributed by atoms with E-state index in [-0.39, 0.29) is 35.1 Å². The Labute approximate surface area is 127 Å². The van der Waals surface area contributed by atoms with Gasteiger partial charge in [0, 0.05) is 19.8 Å². The Hall–Kier alpha value is -1.19. The molecule has 118 valence electrons. The zero-order valence-electron chi connectivity index (χ0n) is 11.2. The third kappa shape index (κ3) is 4.94. The monoisotopic (exact) mass is 337 g/mol. The topological polar surface area (TPSA) is 113 Å². The zero-order valence-corrected chi connectivity index (χ0v) is 12.8. The van der Waals surface area contributed by atoms with Gasteiger partial charge in [-0.3, -0.25) is 0 Å². The smallest absolute Gasteiger partial charge is 0.335 e. The first kappa shape index (κ1) is 17.9. The van der Waals surface area contributed by atoms with Crippen molar-refractivity contribution in [1.82, 2.24) is 4.72 Å². The van der Waals surface area contributed by atoms with E-state index in [0.717, 1.165) is 6.07 Å². The highest BCUT2D eigenvalue weighted by molar-refractivity contribution is 7.89. The van der Waals surface area contributed by atoms with Gasteiger partial charge in [-0.25, -0.2) is 17.9 Å². The van der Waals surface area contributed by atoms with Gasteiger partial charge in [0.15, 0.2) is 0 Å². The van der Waals surface area contributed by atoms with Crippen LogP contribution in [0.3, 0.4) is 0 Å². The Morgan fingerprint density at radius 1 is 1.48 bits per heavy atom. The lowest BCUT2D eigenvalue weighted by molar-refractivity contribution is 0.0696. The van der Waals surface area contributed by atoms with Crippen LogP contribution >= 0.6 is 11.6 Å². The van der Waals surface area contributed by atoms with Crippen molar-refractivity contribution < 1.29 is 28.2 Å². The maximum Gasteiger partial charge on any atom is 0.335 e. The molecule has 1 aromatic carbocycles. The summed E-state index contributed by atoms with van der Waals surface area (Å²) >= 11 is 5.83. The number of aromatic carboxylic acids is 1. The van der Waals surface area contributed by atoms with Crippen LogP contribution in [0.4, 0.5) is 0 Å². The summed E-state index contributed by atoms with van der Waals surface area (Å²) in [6.45, 7) is -0.157. The van der Waals surface area contributed by atoms with E-state index in [4.69, 9.17) is 26.6 Å². The molecular formula is C12H16ClNO6S. The first-order valence-electron chi connectivity index (χ1n) is 5.96. The van der Waals surface area contributed by atoms with Gasteiger partial charge in [0.25, 0.3) is 0 Å². The van der Waals surface area contributed by atoms with E-state index in [9.17, 15) is 13.2 Å². The predicted octanol–water partition coefficient (Wildman–Crippen LogP) is 0.714. The maximum atomic E-state index is 12.3. The first-order valence-corrected chi connectivity index (χ1v) is 7.83. The van der Waals surface area contributed by atoms with Gasteiger partial charge in [0.2, 0.25) is 10.0 Å². The summed E-state index contributed by atoms with van der Waals surface area (Å²) in [5.74, 6) is -1.26. The minimum atomic E-state index is -4.03. The number of carboxylic acid groups (broad SMARTS) is 1. The molecule has 0 aromatic heterocycles. The Morgan fingerprint density at radius 3 is 2.67 bits per heavy atom. The number of aliphatic hydroxyl groups excluding tert-OH is 1. The number of methoxy groups -OCH3 is 1. The summed E-state index contributed by atoms with van der Waals surface area (Å²) in [5, 5.41) is 17.7. The number of sulfonamides is 1. The van der Waals surface area contributed by atoms with Gasteiger partial charge < -0.3 is 14.9 Å². The van der Waals surface area contributed by atoms with E-state index in [1.807, 2.05) is 0 Å². The summed E-state index contributed by atoms with van der Waals surface area (Å²) in [4.78, 5) is 10.6. The third-order valence-electron chi connectivity index (χ3n) is 2.63. The van der Waals surface area contributed by atoms with Crippen LogP contribution in [-0.2, 0) is 14.8 Å². The van der Waals surface area contributed by atoms with E-state index in [1.54, 1.807) is 0 Å². The van der Waals surface area contributed by atoms with Crippen LogP contribution in [0.15, 0.2) is 23.1 Å². The lowest BCUT2D eigenvalue weighted by atomic mass is 10.2. The Kier molecular flexibility index (Phi) is 6.56. The van der Waals surface area contributed by atoms with Crippen LogP contribution in [0, 0.1) is 0 Å². The number of carboxylic acids is 1. The fourth-order valence-electron chi connectivity index (χ4n) is 1.66. The van der Waals surface area contributed by atoms with Crippen LogP contribution in [0.1, 0.15) is 16.8 Å². The molecule has 1 atom stereocenters. The summed E-state index contributed by atoms with van der Waals surface area (Å²) < 4.78 is 31.7. The fourth-order valence-corrected chi connectivity index (χ4v) is 3.44. The molecule has 0 radical (unpaired) electrons. The molecule has 1 unspecified atom stereocenters. The average Bonchev–Trinajstić information content (AvgIpc) is 2.38. The SMILES string of the molecule is COCC(CCO)NS(=O)(=O)c1cc(C(=O)O)ccc1Cl. The van der Waals surface area contributed by atoms with Gasteiger partial charge in [-0.05, 0) is 24.6 Å². The molecule has 3 N–H and O–H groups in total. The van der Waals surface area contributed by atoms with Crippen molar-refractivity contribution in [2.75, 3.05) is 20.3 Å². The van der Waals surface area contributed by atoms with Gasteiger partial charge >= 0.3 is 5.97 Å². The first-order chi connectivity index (χ1) is 9.81. The van der Waals surface area contributed by atoms with Crippen molar-refractivity contribution in [3.8, 4) is 0 Å². The van der Waals surface area contributed by atoms with Crippen molar-refractivity contribution in [2.45, 2.75) is 17.4 Å². The predicted molar refractivity (Wildman–Crippen MR) is 76.1 cm³/mol. The third-order valence-corrected chi connectivity index (χ3v) is 4.64. The van der Waals surface area contributed by atoms with E-state index < -0.39 is 22.0 Å². The van der Waals surface area contributed by atoms with Crippen LogP contribution in [0.25, 0.3) is 0 Å².